The molecule has 0 aromatic heterocycles. The summed E-state index contributed by atoms with van der Waals surface area (Å²) in [4.78, 5) is 26.6. The Labute approximate surface area is 128 Å². The lowest BCUT2D eigenvalue weighted by Crippen LogP contribution is -2.62. The molecule has 1 N–H and O–H groups in total. The lowest BCUT2D eigenvalue weighted by molar-refractivity contribution is -0.148. The Morgan fingerprint density at radius 2 is 1.86 bits per heavy atom. The van der Waals surface area contributed by atoms with Crippen LogP contribution < -0.4 is 5.32 Å². The highest BCUT2D eigenvalue weighted by atomic mass is 16.2. The van der Waals surface area contributed by atoms with Crippen LogP contribution in [-0.4, -0.2) is 35.3 Å². The molecule has 2 aliphatic rings. The third-order valence-corrected chi connectivity index (χ3v) is 5.27. The van der Waals surface area contributed by atoms with E-state index in [9.17, 15) is 9.59 Å². The maximum Gasteiger partial charge on any atom is 0.246 e. The molecule has 4 nitrogen and oxygen atoms in total. The second kappa shape index (κ2) is 7.28. The van der Waals surface area contributed by atoms with E-state index in [1.165, 1.54) is 19.3 Å². The molecule has 0 radical (unpaired) electrons. The van der Waals surface area contributed by atoms with E-state index in [1.54, 1.807) is 0 Å². The molecular weight excluding hydrogens is 264 g/mol. The molecule has 0 aromatic carbocycles. The molecule has 0 bridgehead atoms. The first-order chi connectivity index (χ1) is 10.0. The minimum Gasteiger partial charge on any atom is -0.342 e. The average molecular weight is 294 g/mol. The Balaban J connectivity index is 2.04. The maximum absolute atomic E-state index is 12.8. The fraction of sp³-hybridized carbons (Fsp3) is 0.882. The summed E-state index contributed by atoms with van der Waals surface area (Å²) in [5, 5.41) is 2.96. The molecule has 2 fully saturated rings. The van der Waals surface area contributed by atoms with Crippen LogP contribution in [0.25, 0.3) is 0 Å². The molecule has 1 saturated heterocycles. The summed E-state index contributed by atoms with van der Waals surface area (Å²) in [6.45, 7) is 6.71. The van der Waals surface area contributed by atoms with Gasteiger partial charge in [0.1, 0.15) is 6.04 Å². The van der Waals surface area contributed by atoms with Crippen molar-refractivity contribution < 1.29 is 9.59 Å². The lowest BCUT2D eigenvalue weighted by Gasteiger charge is -2.41. The molecule has 1 aliphatic carbocycles. The highest BCUT2D eigenvalue weighted by molar-refractivity contribution is 5.95. The molecule has 4 heteroatoms. The number of nitrogens with one attached hydrogen (secondary N) is 1. The van der Waals surface area contributed by atoms with E-state index < -0.39 is 0 Å². The first-order valence-electron chi connectivity index (χ1n) is 8.62. The number of rotatable bonds is 5. The molecule has 1 heterocycles. The Kier molecular flexibility index (Phi) is 5.65. The Morgan fingerprint density at radius 1 is 1.19 bits per heavy atom. The number of hydrogen-bond acceptors (Lipinski definition) is 2. The average Bonchev–Trinajstić information content (AvgIpc) is 2.49. The summed E-state index contributed by atoms with van der Waals surface area (Å²) in [7, 11) is 0. The highest BCUT2D eigenvalue weighted by Crippen LogP contribution is 2.29. The second-order valence-electron chi connectivity index (χ2n) is 7.01. The van der Waals surface area contributed by atoms with Crippen LogP contribution in [0, 0.1) is 11.8 Å². The van der Waals surface area contributed by atoms with Crippen molar-refractivity contribution in [2.45, 2.75) is 77.8 Å². The van der Waals surface area contributed by atoms with Gasteiger partial charge in [0.15, 0.2) is 0 Å². The van der Waals surface area contributed by atoms with Gasteiger partial charge in [-0.25, -0.2) is 0 Å². The Morgan fingerprint density at radius 3 is 2.48 bits per heavy atom. The van der Waals surface area contributed by atoms with Crippen LogP contribution in [0.3, 0.4) is 0 Å². The molecular formula is C17H30N2O2. The van der Waals surface area contributed by atoms with Crippen molar-refractivity contribution in [2.75, 3.05) is 6.54 Å². The quantitative estimate of drug-likeness (QED) is 0.847. The molecule has 2 rings (SSSR count). The van der Waals surface area contributed by atoms with Gasteiger partial charge in [-0.3, -0.25) is 9.59 Å². The van der Waals surface area contributed by atoms with Gasteiger partial charge >= 0.3 is 0 Å². The van der Waals surface area contributed by atoms with Gasteiger partial charge in [-0.1, -0.05) is 39.5 Å². The molecule has 3 unspecified atom stereocenters. The van der Waals surface area contributed by atoms with E-state index in [2.05, 4.69) is 26.1 Å². The maximum atomic E-state index is 12.8. The van der Waals surface area contributed by atoms with Crippen molar-refractivity contribution in [1.29, 1.82) is 0 Å². The molecule has 120 valence electrons. The molecule has 3 atom stereocenters. The Bertz CT molecular complexity index is 377. The SMILES string of the molecule is CCC(C)CC(C)N1CC(=O)NC(C2CCCCC2)C1=O. The van der Waals surface area contributed by atoms with Crippen molar-refractivity contribution in [2.24, 2.45) is 11.8 Å². The summed E-state index contributed by atoms with van der Waals surface area (Å²) >= 11 is 0. The minimum atomic E-state index is -0.272. The lowest BCUT2D eigenvalue weighted by atomic mass is 9.82. The summed E-state index contributed by atoms with van der Waals surface area (Å²) < 4.78 is 0. The smallest absolute Gasteiger partial charge is 0.246 e. The second-order valence-corrected chi connectivity index (χ2v) is 7.01. The minimum absolute atomic E-state index is 0.0150. The van der Waals surface area contributed by atoms with Gasteiger partial charge < -0.3 is 10.2 Å². The summed E-state index contributed by atoms with van der Waals surface area (Å²) in [5.41, 5.74) is 0. The van der Waals surface area contributed by atoms with Gasteiger partial charge in [0.05, 0.1) is 6.54 Å². The van der Waals surface area contributed by atoms with Gasteiger partial charge in [-0.05, 0) is 38.0 Å². The number of carbonyl (C=O) groups excluding carboxylic acids is 2. The van der Waals surface area contributed by atoms with Crippen LogP contribution in [0.2, 0.25) is 0 Å². The third-order valence-electron chi connectivity index (χ3n) is 5.27. The normalized spacial score (nSPS) is 27.4. The molecule has 1 saturated carbocycles. The van der Waals surface area contributed by atoms with Crippen LogP contribution in [0.15, 0.2) is 0 Å². The fourth-order valence-corrected chi connectivity index (χ4v) is 3.73. The van der Waals surface area contributed by atoms with Gasteiger partial charge in [-0.2, -0.15) is 0 Å². The molecule has 0 aromatic rings. The first kappa shape index (κ1) is 16.3. The number of carbonyl (C=O) groups is 2. The largest absolute Gasteiger partial charge is 0.342 e. The summed E-state index contributed by atoms with van der Waals surface area (Å²) in [6, 6.07) is -0.115. The monoisotopic (exact) mass is 294 g/mol. The van der Waals surface area contributed by atoms with Gasteiger partial charge in [0.2, 0.25) is 11.8 Å². The van der Waals surface area contributed by atoms with Crippen LogP contribution in [0.4, 0.5) is 0 Å². The van der Waals surface area contributed by atoms with Crippen molar-refractivity contribution in [3.05, 3.63) is 0 Å². The van der Waals surface area contributed by atoms with Gasteiger partial charge in [0, 0.05) is 6.04 Å². The zero-order valence-electron chi connectivity index (χ0n) is 13.7. The van der Waals surface area contributed by atoms with E-state index in [4.69, 9.17) is 0 Å². The number of piperazine rings is 1. The van der Waals surface area contributed by atoms with Crippen molar-refractivity contribution >= 4 is 11.8 Å². The molecule has 2 amide bonds. The van der Waals surface area contributed by atoms with E-state index in [0.717, 1.165) is 25.7 Å². The van der Waals surface area contributed by atoms with Gasteiger partial charge in [-0.15, -0.1) is 0 Å². The fourth-order valence-electron chi connectivity index (χ4n) is 3.73. The number of hydrogen-bond donors (Lipinski definition) is 1. The number of nitrogens with zero attached hydrogens (tertiary/aromatic N) is 1. The van der Waals surface area contributed by atoms with Crippen molar-refractivity contribution in [3.63, 3.8) is 0 Å². The first-order valence-corrected chi connectivity index (χ1v) is 8.62. The number of amides is 2. The predicted molar refractivity (Wildman–Crippen MR) is 83.8 cm³/mol. The van der Waals surface area contributed by atoms with Gasteiger partial charge in [0.25, 0.3) is 0 Å². The van der Waals surface area contributed by atoms with Crippen LogP contribution in [0.5, 0.6) is 0 Å². The van der Waals surface area contributed by atoms with E-state index in [1.807, 2.05) is 4.90 Å². The summed E-state index contributed by atoms with van der Waals surface area (Å²) in [5.74, 6) is 1.10. The van der Waals surface area contributed by atoms with E-state index in [-0.39, 0.29) is 30.4 Å². The zero-order chi connectivity index (χ0) is 15.4. The summed E-state index contributed by atoms with van der Waals surface area (Å²) in [6.07, 6.45) is 7.88. The molecule has 21 heavy (non-hydrogen) atoms. The highest BCUT2D eigenvalue weighted by Gasteiger charge is 2.39. The molecule has 0 spiro atoms. The van der Waals surface area contributed by atoms with Crippen LogP contribution >= 0.6 is 0 Å². The zero-order valence-corrected chi connectivity index (χ0v) is 13.7. The Hall–Kier alpha value is -1.06. The van der Waals surface area contributed by atoms with Crippen LogP contribution in [-0.2, 0) is 9.59 Å². The van der Waals surface area contributed by atoms with Crippen LogP contribution in [0.1, 0.15) is 65.7 Å². The third kappa shape index (κ3) is 3.98. The topological polar surface area (TPSA) is 49.4 Å². The van der Waals surface area contributed by atoms with E-state index in [0.29, 0.717) is 11.8 Å². The standard InChI is InChI=1S/C17H30N2O2/c1-4-12(2)10-13(3)19-11-15(20)18-16(17(19)21)14-8-6-5-7-9-14/h12-14,16H,4-11H2,1-3H3,(H,18,20). The van der Waals surface area contributed by atoms with Crippen molar-refractivity contribution in [1.82, 2.24) is 10.2 Å². The molecule has 1 aliphatic heterocycles. The van der Waals surface area contributed by atoms with Crippen molar-refractivity contribution in [3.8, 4) is 0 Å². The predicted octanol–water partition coefficient (Wildman–Crippen LogP) is 2.72. The van der Waals surface area contributed by atoms with E-state index >= 15 is 0 Å².